The highest BCUT2D eigenvalue weighted by Gasteiger charge is 2.22. The Hall–Kier alpha value is -2.38. The Morgan fingerprint density at radius 1 is 1.07 bits per heavy atom. The number of piperazine rings is 1. The van der Waals surface area contributed by atoms with Crippen molar-refractivity contribution in [1.29, 1.82) is 0 Å². The molecule has 2 heterocycles. The van der Waals surface area contributed by atoms with Crippen molar-refractivity contribution in [2.45, 2.75) is 26.2 Å². The highest BCUT2D eigenvalue weighted by atomic mass is 35.5. The first-order valence-corrected chi connectivity index (χ1v) is 9.32. The topological polar surface area (TPSA) is 76.9 Å². The summed E-state index contributed by atoms with van der Waals surface area (Å²) in [7, 11) is 0. The van der Waals surface area contributed by atoms with E-state index in [2.05, 4.69) is 58.2 Å². The molecule has 1 aromatic carbocycles. The number of guanidine groups is 1. The molecule has 0 spiro atoms. The molecule has 7 nitrogen and oxygen atoms in total. The molecule has 1 saturated heterocycles. The minimum atomic E-state index is 0.0955. The molecule has 144 valence electrons. The summed E-state index contributed by atoms with van der Waals surface area (Å²) in [6, 6.07) is 8.07. The summed E-state index contributed by atoms with van der Waals surface area (Å²) in [5.74, 6) is 1.12. The molecule has 0 radical (unpaired) electrons. The van der Waals surface area contributed by atoms with Crippen molar-refractivity contribution >= 4 is 29.1 Å². The smallest absolute Gasteiger partial charge is 0.223 e. The van der Waals surface area contributed by atoms with E-state index in [9.17, 15) is 5.21 Å². The average Bonchev–Trinajstić information content (AvgIpc) is 2.66. The number of hydroxylamine groups is 1. The Labute approximate surface area is 164 Å². The summed E-state index contributed by atoms with van der Waals surface area (Å²) in [4.78, 5) is 17.0. The van der Waals surface area contributed by atoms with Crippen LogP contribution in [-0.4, -0.2) is 52.2 Å². The summed E-state index contributed by atoms with van der Waals surface area (Å²) in [5, 5.41) is 9.97. The lowest BCUT2D eigenvalue weighted by Crippen LogP contribution is -2.52. The van der Waals surface area contributed by atoms with Gasteiger partial charge in [-0.05, 0) is 23.1 Å². The number of halogens is 1. The summed E-state index contributed by atoms with van der Waals surface area (Å²) < 4.78 is 0. The van der Waals surface area contributed by atoms with Gasteiger partial charge in [-0.3, -0.25) is 5.21 Å². The second kappa shape index (κ2) is 8.10. The van der Waals surface area contributed by atoms with E-state index < -0.39 is 0 Å². The normalized spacial score (nSPS) is 15.8. The largest absolute Gasteiger partial charge is 0.351 e. The van der Waals surface area contributed by atoms with Gasteiger partial charge in [0.15, 0.2) is 11.0 Å². The minimum Gasteiger partial charge on any atom is -0.351 e. The predicted molar refractivity (Wildman–Crippen MR) is 108 cm³/mol. The summed E-state index contributed by atoms with van der Waals surface area (Å²) >= 11 is 6.13. The quantitative estimate of drug-likeness (QED) is 0.467. The lowest BCUT2D eigenvalue weighted by atomic mass is 9.87. The van der Waals surface area contributed by atoms with E-state index >= 15 is 0 Å². The average molecular weight is 389 g/mol. The molecule has 2 N–H and O–H groups in total. The Morgan fingerprint density at radius 3 is 2.26 bits per heavy atom. The van der Waals surface area contributed by atoms with Crippen LogP contribution in [0.4, 0.5) is 11.5 Å². The van der Waals surface area contributed by atoms with Gasteiger partial charge < -0.3 is 9.80 Å². The fraction of sp³-hybridized carbons (Fsp3) is 0.421. The van der Waals surface area contributed by atoms with Crippen LogP contribution in [0.15, 0.2) is 41.7 Å². The Kier molecular flexibility index (Phi) is 5.82. The molecule has 27 heavy (non-hydrogen) atoms. The summed E-state index contributed by atoms with van der Waals surface area (Å²) in [6.45, 7) is 9.31. The highest BCUT2D eigenvalue weighted by Crippen LogP contribution is 2.25. The van der Waals surface area contributed by atoms with Crippen LogP contribution in [0.3, 0.4) is 0 Å². The van der Waals surface area contributed by atoms with Crippen LogP contribution in [0.2, 0.25) is 5.15 Å². The first kappa shape index (κ1) is 19.4. The van der Waals surface area contributed by atoms with E-state index in [0.29, 0.717) is 43.1 Å². The van der Waals surface area contributed by atoms with E-state index in [1.165, 1.54) is 5.56 Å². The molecular weight excluding hydrogens is 364 g/mol. The fourth-order valence-corrected chi connectivity index (χ4v) is 3.21. The van der Waals surface area contributed by atoms with Gasteiger partial charge in [0.1, 0.15) is 0 Å². The van der Waals surface area contributed by atoms with Crippen molar-refractivity contribution in [2.75, 3.05) is 31.1 Å². The molecule has 1 aromatic heterocycles. The van der Waals surface area contributed by atoms with Gasteiger partial charge in [0.05, 0.1) is 5.69 Å². The number of nitrogens with zero attached hydrogens (tertiary/aromatic N) is 5. The molecular formula is C19H25ClN6O. The van der Waals surface area contributed by atoms with Gasteiger partial charge in [-0.15, -0.1) is 0 Å². The molecule has 0 saturated carbocycles. The number of nitrogens with one attached hydrogen (secondary N) is 1. The maximum Gasteiger partial charge on any atom is 0.223 e. The first-order valence-electron chi connectivity index (χ1n) is 8.94. The number of aromatic nitrogens is 2. The number of benzene rings is 1. The van der Waals surface area contributed by atoms with Crippen LogP contribution in [0.1, 0.15) is 26.3 Å². The van der Waals surface area contributed by atoms with Gasteiger partial charge in [0, 0.05) is 38.6 Å². The molecule has 2 aromatic rings. The number of aliphatic imine (C=N–C) groups is 1. The molecule has 0 bridgehead atoms. The molecule has 0 atom stereocenters. The van der Waals surface area contributed by atoms with Gasteiger partial charge in [0.25, 0.3) is 0 Å². The predicted octanol–water partition coefficient (Wildman–Crippen LogP) is 3.22. The van der Waals surface area contributed by atoms with Crippen molar-refractivity contribution in [1.82, 2.24) is 20.3 Å². The third-order valence-corrected chi connectivity index (χ3v) is 4.85. The third kappa shape index (κ3) is 4.67. The molecule has 3 rings (SSSR count). The standard InChI is InChI=1S/C19H25ClN6O/c1-19(2,3)14-4-6-15(7-5-14)23-18(24-27)26-12-10-25(11-13-26)17-16(20)21-8-9-22-17/h4-9,27H,10-13H2,1-3H3,(H,23,24). The maximum atomic E-state index is 9.57. The Balaban J connectivity index is 1.68. The molecule has 1 aliphatic heterocycles. The van der Waals surface area contributed by atoms with Crippen LogP contribution in [0, 0.1) is 0 Å². The van der Waals surface area contributed by atoms with E-state index in [0.717, 1.165) is 5.69 Å². The fourth-order valence-electron chi connectivity index (χ4n) is 2.98. The Morgan fingerprint density at radius 2 is 1.70 bits per heavy atom. The lowest BCUT2D eigenvalue weighted by molar-refractivity contribution is 0.207. The van der Waals surface area contributed by atoms with Crippen molar-refractivity contribution in [2.24, 2.45) is 4.99 Å². The SMILES string of the molecule is CC(C)(C)c1ccc(N=C(NO)N2CCN(c3nccnc3Cl)CC2)cc1. The third-order valence-electron chi connectivity index (χ3n) is 4.58. The molecule has 1 aliphatic rings. The van der Waals surface area contributed by atoms with Gasteiger partial charge in [-0.2, -0.15) is 0 Å². The van der Waals surface area contributed by atoms with E-state index in [4.69, 9.17) is 11.6 Å². The molecule has 0 amide bonds. The van der Waals surface area contributed by atoms with Gasteiger partial charge in [0.2, 0.25) is 5.96 Å². The molecule has 1 fully saturated rings. The van der Waals surface area contributed by atoms with E-state index in [1.807, 2.05) is 17.0 Å². The number of anilines is 1. The van der Waals surface area contributed by atoms with Gasteiger partial charge in [-0.25, -0.2) is 20.4 Å². The zero-order valence-corrected chi connectivity index (χ0v) is 16.6. The Bertz CT molecular complexity index is 795. The van der Waals surface area contributed by atoms with Crippen molar-refractivity contribution in [3.8, 4) is 0 Å². The lowest BCUT2D eigenvalue weighted by Gasteiger charge is -2.36. The molecule has 0 aliphatic carbocycles. The second-order valence-corrected chi connectivity index (χ2v) is 7.85. The van der Waals surface area contributed by atoms with Crippen LogP contribution < -0.4 is 10.4 Å². The zero-order valence-electron chi connectivity index (χ0n) is 15.9. The van der Waals surface area contributed by atoms with Crippen LogP contribution in [0.25, 0.3) is 0 Å². The van der Waals surface area contributed by atoms with Crippen molar-refractivity contribution in [3.63, 3.8) is 0 Å². The number of hydrogen-bond donors (Lipinski definition) is 2. The second-order valence-electron chi connectivity index (χ2n) is 7.49. The van der Waals surface area contributed by atoms with Crippen molar-refractivity contribution in [3.05, 3.63) is 47.4 Å². The highest BCUT2D eigenvalue weighted by molar-refractivity contribution is 6.31. The van der Waals surface area contributed by atoms with Gasteiger partial charge in [-0.1, -0.05) is 44.5 Å². The summed E-state index contributed by atoms with van der Waals surface area (Å²) in [6.07, 6.45) is 3.21. The minimum absolute atomic E-state index is 0.0955. The zero-order chi connectivity index (χ0) is 19.4. The van der Waals surface area contributed by atoms with Crippen LogP contribution >= 0.6 is 11.6 Å². The van der Waals surface area contributed by atoms with Gasteiger partial charge >= 0.3 is 0 Å². The van der Waals surface area contributed by atoms with E-state index in [1.54, 1.807) is 12.4 Å². The number of rotatable bonds is 2. The maximum absolute atomic E-state index is 9.57. The van der Waals surface area contributed by atoms with Crippen molar-refractivity contribution < 1.29 is 5.21 Å². The monoisotopic (exact) mass is 388 g/mol. The number of hydrogen-bond acceptors (Lipinski definition) is 5. The van der Waals surface area contributed by atoms with Crippen LogP contribution in [0.5, 0.6) is 0 Å². The summed E-state index contributed by atoms with van der Waals surface area (Å²) in [5.41, 5.74) is 4.37. The van der Waals surface area contributed by atoms with Crippen LogP contribution in [-0.2, 0) is 5.41 Å². The molecule has 0 unspecified atom stereocenters. The van der Waals surface area contributed by atoms with E-state index in [-0.39, 0.29) is 5.41 Å². The first-order chi connectivity index (χ1) is 12.9. The molecule has 8 heteroatoms.